The minimum absolute atomic E-state index is 0.156. The number of aromatic amines is 1. The zero-order chi connectivity index (χ0) is 21.0. The average molecular weight is 424 g/mol. The van der Waals surface area contributed by atoms with Gasteiger partial charge in [-0.05, 0) is 56.4 Å². The third-order valence-corrected chi connectivity index (χ3v) is 5.79. The molecule has 1 aromatic carbocycles. The zero-order valence-electron chi connectivity index (χ0n) is 16.3. The van der Waals surface area contributed by atoms with E-state index in [1.165, 1.54) is 17.4 Å². The molecule has 3 aromatic rings. The summed E-state index contributed by atoms with van der Waals surface area (Å²) in [5.74, 6) is 0.293. The van der Waals surface area contributed by atoms with Crippen LogP contribution in [0.2, 0.25) is 0 Å². The number of carbonyl (C=O) groups is 1. The number of fused-ring (bicyclic) bond motifs is 1. The van der Waals surface area contributed by atoms with Crippen molar-refractivity contribution in [2.24, 2.45) is 0 Å². The number of rotatable bonds is 8. The molecule has 2 aromatic heterocycles. The quantitative estimate of drug-likeness (QED) is 0.512. The highest BCUT2D eigenvalue weighted by Gasteiger charge is 2.30. The molecular weight excluding hydrogens is 401 g/mol. The van der Waals surface area contributed by atoms with Crippen LogP contribution in [0.4, 0.5) is 13.2 Å². The van der Waals surface area contributed by atoms with Crippen LogP contribution in [0.1, 0.15) is 35.5 Å². The van der Waals surface area contributed by atoms with Gasteiger partial charge in [0.2, 0.25) is 0 Å². The molecule has 0 aliphatic rings. The number of carbonyl (C=O) groups excluding carboxylic acids is 1. The third-order valence-electron chi connectivity index (χ3n) is 4.70. The Labute approximate surface area is 170 Å². The fourth-order valence-corrected chi connectivity index (χ4v) is 3.89. The van der Waals surface area contributed by atoms with Crippen LogP contribution in [0.25, 0.3) is 21.7 Å². The maximum Gasteiger partial charge on any atom is 0.416 e. The molecule has 0 fully saturated rings. The van der Waals surface area contributed by atoms with Crippen LogP contribution >= 0.6 is 11.3 Å². The van der Waals surface area contributed by atoms with Crippen LogP contribution in [0, 0.1) is 0 Å². The van der Waals surface area contributed by atoms with Crippen molar-refractivity contribution in [3.05, 3.63) is 40.8 Å². The second-order valence-electron chi connectivity index (χ2n) is 6.62. The summed E-state index contributed by atoms with van der Waals surface area (Å²) in [6.07, 6.45) is -3.53. The lowest BCUT2D eigenvalue weighted by atomic mass is 10.2. The average Bonchev–Trinajstić information content (AvgIpc) is 3.33. The summed E-state index contributed by atoms with van der Waals surface area (Å²) in [5, 5.41) is 2.91. The summed E-state index contributed by atoms with van der Waals surface area (Å²) < 4.78 is 38.6. The number of alkyl halides is 3. The Bertz CT molecular complexity index is 976. The number of benzene rings is 1. The first-order valence-corrected chi connectivity index (χ1v) is 10.3. The van der Waals surface area contributed by atoms with Gasteiger partial charge < -0.3 is 15.2 Å². The van der Waals surface area contributed by atoms with Gasteiger partial charge in [0.25, 0.3) is 5.91 Å². The van der Waals surface area contributed by atoms with Crippen LogP contribution in [-0.2, 0) is 6.18 Å². The predicted molar refractivity (Wildman–Crippen MR) is 109 cm³/mol. The summed E-state index contributed by atoms with van der Waals surface area (Å²) in [5.41, 5.74) is 0.0330. The number of hydrogen-bond donors (Lipinski definition) is 2. The van der Waals surface area contributed by atoms with Gasteiger partial charge in [-0.25, -0.2) is 4.98 Å². The highest BCUT2D eigenvalue weighted by molar-refractivity contribution is 7.17. The first-order valence-electron chi connectivity index (χ1n) is 9.49. The Morgan fingerprint density at radius 3 is 2.66 bits per heavy atom. The lowest BCUT2D eigenvalue weighted by Crippen LogP contribution is -2.29. The molecule has 0 spiro atoms. The van der Waals surface area contributed by atoms with Crippen LogP contribution in [0.15, 0.2) is 30.3 Å². The number of imidazole rings is 1. The van der Waals surface area contributed by atoms with Crippen molar-refractivity contribution in [3.8, 4) is 10.7 Å². The number of H-pyrrole nitrogens is 1. The number of thiophene rings is 1. The van der Waals surface area contributed by atoms with Crippen molar-refractivity contribution >= 4 is 28.3 Å². The number of halogens is 3. The summed E-state index contributed by atoms with van der Waals surface area (Å²) in [4.78, 5) is 23.1. The molecule has 29 heavy (non-hydrogen) atoms. The van der Waals surface area contributed by atoms with Gasteiger partial charge in [-0.2, -0.15) is 13.2 Å². The molecule has 2 heterocycles. The summed E-state index contributed by atoms with van der Waals surface area (Å²) in [7, 11) is 0. The van der Waals surface area contributed by atoms with Gasteiger partial charge in [0, 0.05) is 6.54 Å². The van der Waals surface area contributed by atoms with Crippen molar-refractivity contribution in [2.45, 2.75) is 26.4 Å². The van der Waals surface area contributed by atoms with E-state index in [1.54, 1.807) is 12.1 Å². The smallest absolute Gasteiger partial charge is 0.351 e. The highest BCUT2D eigenvalue weighted by atomic mass is 32.1. The summed E-state index contributed by atoms with van der Waals surface area (Å²) in [6.45, 7) is 7.71. The molecule has 0 bridgehead atoms. The van der Waals surface area contributed by atoms with Crippen molar-refractivity contribution in [2.75, 3.05) is 26.2 Å². The Morgan fingerprint density at radius 2 is 1.97 bits per heavy atom. The maximum absolute atomic E-state index is 12.9. The van der Waals surface area contributed by atoms with Crippen LogP contribution in [0.5, 0.6) is 0 Å². The zero-order valence-corrected chi connectivity index (χ0v) is 17.1. The molecule has 0 saturated heterocycles. The first-order chi connectivity index (χ1) is 13.8. The topological polar surface area (TPSA) is 61.0 Å². The minimum Gasteiger partial charge on any atom is -0.351 e. The fourth-order valence-electron chi connectivity index (χ4n) is 3.02. The molecular formula is C20H23F3N4OS. The minimum atomic E-state index is -4.40. The predicted octanol–water partition coefficient (Wildman–Crippen LogP) is 4.77. The lowest BCUT2D eigenvalue weighted by molar-refractivity contribution is -0.137. The van der Waals surface area contributed by atoms with Gasteiger partial charge in [-0.3, -0.25) is 4.79 Å². The second-order valence-corrected chi connectivity index (χ2v) is 7.70. The molecule has 0 saturated carbocycles. The molecule has 2 N–H and O–H groups in total. The van der Waals surface area contributed by atoms with Gasteiger partial charge >= 0.3 is 6.18 Å². The highest BCUT2D eigenvalue weighted by Crippen LogP contribution is 2.33. The fraction of sp³-hybridized carbons (Fsp3) is 0.400. The van der Waals surface area contributed by atoms with E-state index in [-0.39, 0.29) is 5.91 Å². The lowest BCUT2D eigenvalue weighted by Gasteiger charge is -2.17. The number of aromatic nitrogens is 2. The molecule has 0 radical (unpaired) electrons. The SMILES string of the molecule is CCN(CC)CCCNC(=O)c1ccc(-c2nc3ccc(C(F)(F)F)cc3[nH]2)s1. The van der Waals surface area contributed by atoms with Gasteiger partial charge in [0.05, 0.1) is 26.4 Å². The molecule has 3 rings (SSSR count). The van der Waals surface area contributed by atoms with E-state index in [2.05, 4.69) is 34.0 Å². The van der Waals surface area contributed by atoms with E-state index in [1.807, 2.05) is 0 Å². The number of nitrogens with one attached hydrogen (secondary N) is 2. The molecule has 156 valence electrons. The van der Waals surface area contributed by atoms with Crippen molar-refractivity contribution in [1.82, 2.24) is 20.2 Å². The van der Waals surface area contributed by atoms with E-state index in [0.717, 1.165) is 38.2 Å². The molecule has 5 nitrogen and oxygen atoms in total. The molecule has 0 aliphatic carbocycles. The molecule has 9 heteroatoms. The van der Waals surface area contributed by atoms with Gasteiger partial charge in [0.15, 0.2) is 0 Å². The van der Waals surface area contributed by atoms with E-state index in [9.17, 15) is 18.0 Å². The van der Waals surface area contributed by atoms with Crippen molar-refractivity contribution < 1.29 is 18.0 Å². The number of nitrogens with zero attached hydrogens (tertiary/aromatic N) is 2. The van der Waals surface area contributed by atoms with E-state index >= 15 is 0 Å². The Kier molecular flexibility index (Phi) is 6.59. The number of hydrogen-bond acceptors (Lipinski definition) is 4. The molecule has 0 unspecified atom stereocenters. The molecule has 0 aliphatic heterocycles. The Morgan fingerprint density at radius 1 is 1.21 bits per heavy atom. The molecule has 0 atom stereocenters. The normalized spacial score (nSPS) is 12.1. The number of amides is 1. The van der Waals surface area contributed by atoms with Crippen LogP contribution in [-0.4, -0.2) is 47.0 Å². The van der Waals surface area contributed by atoms with Crippen molar-refractivity contribution in [3.63, 3.8) is 0 Å². The Hall–Kier alpha value is -2.39. The summed E-state index contributed by atoms with van der Waals surface area (Å²) >= 11 is 1.25. The summed E-state index contributed by atoms with van der Waals surface area (Å²) in [6, 6.07) is 6.85. The van der Waals surface area contributed by atoms with E-state index in [0.29, 0.717) is 33.2 Å². The largest absolute Gasteiger partial charge is 0.416 e. The van der Waals surface area contributed by atoms with Gasteiger partial charge in [-0.15, -0.1) is 11.3 Å². The van der Waals surface area contributed by atoms with Gasteiger partial charge in [0.1, 0.15) is 5.82 Å². The van der Waals surface area contributed by atoms with Gasteiger partial charge in [-0.1, -0.05) is 13.8 Å². The van der Waals surface area contributed by atoms with Crippen molar-refractivity contribution in [1.29, 1.82) is 0 Å². The van der Waals surface area contributed by atoms with E-state index < -0.39 is 11.7 Å². The van der Waals surface area contributed by atoms with Crippen LogP contribution < -0.4 is 5.32 Å². The third kappa shape index (κ3) is 5.16. The van der Waals surface area contributed by atoms with E-state index in [4.69, 9.17) is 0 Å². The molecule has 1 amide bonds. The van der Waals surface area contributed by atoms with Crippen LogP contribution in [0.3, 0.4) is 0 Å². The monoisotopic (exact) mass is 424 g/mol. The Balaban J connectivity index is 1.65. The first kappa shape index (κ1) is 21.3. The second kappa shape index (κ2) is 8.96. The standard InChI is InChI=1S/C20H23F3N4OS/c1-3-27(4-2)11-5-10-24-19(28)17-9-8-16(29-17)18-25-14-7-6-13(20(21,22)23)12-15(14)26-18/h6-9,12H,3-5,10-11H2,1-2H3,(H,24,28)(H,25,26). The maximum atomic E-state index is 12.9.